The van der Waals surface area contributed by atoms with Gasteiger partial charge in [0.25, 0.3) is 0 Å². The van der Waals surface area contributed by atoms with Crippen LogP contribution < -0.4 is 11.1 Å². The van der Waals surface area contributed by atoms with Crippen molar-refractivity contribution in [2.45, 2.75) is 18.9 Å². The van der Waals surface area contributed by atoms with E-state index in [9.17, 15) is 14.9 Å². The second-order valence-corrected chi connectivity index (χ2v) is 4.77. The molecule has 0 aliphatic rings. The Labute approximate surface area is 118 Å². The molecule has 1 aromatic rings. The van der Waals surface area contributed by atoms with Crippen LogP contribution in [0.1, 0.15) is 12.8 Å². The SMILES string of the molecule is CN(CCC[C@H](N)C(=O)Nc1nccs1)N=N[N+](=O)[O-]. The number of carbonyl (C=O) groups excluding carboxylic acids is 1. The zero-order valence-electron chi connectivity index (χ0n) is 10.8. The van der Waals surface area contributed by atoms with Gasteiger partial charge in [0.05, 0.1) is 17.6 Å². The highest BCUT2D eigenvalue weighted by Crippen LogP contribution is 2.11. The van der Waals surface area contributed by atoms with E-state index in [2.05, 4.69) is 20.7 Å². The standard InChI is InChI=1S/C9H15N7O3S/c1-15(13-14-16(18)19)5-2-3-7(10)8(17)12-9-11-4-6-20-9/h4,6-7H,2-3,5,10H2,1H3,(H,11,12,17)/t7-/m0/s1. The maximum Gasteiger partial charge on any atom is 0.243 e. The highest BCUT2D eigenvalue weighted by molar-refractivity contribution is 7.13. The quantitative estimate of drug-likeness (QED) is 0.411. The molecular weight excluding hydrogens is 286 g/mol. The Kier molecular flexibility index (Phi) is 6.46. The van der Waals surface area contributed by atoms with Gasteiger partial charge in [-0.05, 0) is 12.8 Å². The average molecular weight is 301 g/mol. The molecule has 1 rings (SSSR count). The Morgan fingerprint density at radius 3 is 3.10 bits per heavy atom. The molecule has 1 amide bonds. The van der Waals surface area contributed by atoms with Crippen LogP contribution in [-0.4, -0.2) is 40.6 Å². The Hall–Kier alpha value is -2.14. The number of hydrogen-bond acceptors (Lipinski definition) is 7. The minimum absolute atomic E-state index is 0.311. The van der Waals surface area contributed by atoms with Crippen molar-refractivity contribution in [3.05, 3.63) is 21.7 Å². The molecule has 1 aromatic heterocycles. The van der Waals surface area contributed by atoms with E-state index >= 15 is 0 Å². The summed E-state index contributed by atoms with van der Waals surface area (Å²) in [5, 5.41) is 21.3. The molecule has 1 atom stereocenters. The minimum Gasteiger partial charge on any atom is -0.337 e. The largest absolute Gasteiger partial charge is 0.337 e. The van der Waals surface area contributed by atoms with Gasteiger partial charge in [0.15, 0.2) is 10.4 Å². The van der Waals surface area contributed by atoms with Gasteiger partial charge in [-0.25, -0.2) is 4.98 Å². The van der Waals surface area contributed by atoms with Gasteiger partial charge >= 0.3 is 0 Å². The van der Waals surface area contributed by atoms with Crippen LogP contribution in [0.5, 0.6) is 0 Å². The Balaban J connectivity index is 2.23. The predicted molar refractivity (Wildman–Crippen MR) is 72.4 cm³/mol. The molecule has 0 saturated carbocycles. The molecule has 0 spiro atoms. The molecule has 20 heavy (non-hydrogen) atoms. The maximum absolute atomic E-state index is 11.7. The molecule has 0 fully saturated rings. The summed E-state index contributed by atoms with van der Waals surface area (Å²) in [6.07, 6.45) is 2.57. The van der Waals surface area contributed by atoms with Crippen molar-refractivity contribution in [1.29, 1.82) is 0 Å². The van der Waals surface area contributed by atoms with Crippen molar-refractivity contribution in [2.24, 2.45) is 16.2 Å². The smallest absolute Gasteiger partial charge is 0.243 e. The summed E-state index contributed by atoms with van der Waals surface area (Å²) in [6.45, 7) is 0.412. The third-order valence-corrected chi connectivity index (χ3v) is 2.95. The first-order valence-electron chi connectivity index (χ1n) is 5.72. The molecule has 0 radical (unpaired) electrons. The van der Waals surface area contributed by atoms with Gasteiger partial charge in [-0.15, -0.1) is 11.3 Å². The van der Waals surface area contributed by atoms with E-state index in [-0.39, 0.29) is 5.91 Å². The lowest BCUT2D eigenvalue weighted by atomic mass is 10.1. The van der Waals surface area contributed by atoms with Gasteiger partial charge in [0, 0.05) is 18.6 Å². The van der Waals surface area contributed by atoms with E-state index in [1.807, 2.05) is 0 Å². The molecule has 0 aromatic carbocycles. The van der Waals surface area contributed by atoms with Crippen molar-refractivity contribution in [3.8, 4) is 0 Å². The summed E-state index contributed by atoms with van der Waals surface area (Å²) >= 11 is 1.31. The van der Waals surface area contributed by atoms with E-state index in [1.165, 1.54) is 16.3 Å². The van der Waals surface area contributed by atoms with Crippen molar-refractivity contribution in [1.82, 2.24) is 9.99 Å². The number of thiazole rings is 1. The number of nitrogens with two attached hydrogens (primary N) is 1. The zero-order valence-corrected chi connectivity index (χ0v) is 11.6. The third-order valence-electron chi connectivity index (χ3n) is 2.26. The number of rotatable bonds is 8. The second-order valence-electron chi connectivity index (χ2n) is 3.87. The fourth-order valence-electron chi connectivity index (χ4n) is 1.30. The van der Waals surface area contributed by atoms with Crippen molar-refractivity contribution in [3.63, 3.8) is 0 Å². The Bertz CT molecular complexity index is 464. The Morgan fingerprint density at radius 2 is 2.50 bits per heavy atom. The van der Waals surface area contributed by atoms with E-state index < -0.39 is 11.1 Å². The number of nitrogens with zero attached hydrogens (tertiary/aromatic N) is 5. The first-order valence-corrected chi connectivity index (χ1v) is 6.60. The molecule has 0 aliphatic carbocycles. The van der Waals surface area contributed by atoms with E-state index in [0.717, 1.165) is 0 Å². The molecule has 1 heterocycles. The van der Waals surface area contributed by atoms with Gasteiger partial charge in [0.2, 0.25) is 11.1 Å². The van der Waals surface area contributed by atoms with Gasteiger partial charge in [-0.2, -0.15) is 5.01 Å². The number of anilines is 1. The molecule has 11 heteroatoms. The molecular formula is C9H15N7O3S. The monoisotopic (exact) mass is 301 g/mol. The predicted octanol–water partition coefficient (Wildman–Crippen LogP) is 0.680. The molecule has 0 saturated heterocycles. The van der Waals surface area contributed by atoms with Crippen molar-refractivity contribution >= 4 is 22.4 Å². The van der Waals surface area contributed by atoms with Gasteiger partial charge in [-0.1, -0.05) is 0 Å². The fourth-order valence-corrected chi connectivity index (χ4v) is 1.83. The summed E-state index contributed by atoms with van der Waals surface area (Å²) in [6, 6.07) is -0.667. The summed E-state index contributed by atoms with van der Waals surface area (Å²) in [4.78, 5) is 25.6. The molecule has 10 nitrogen and oxygen atoms in total. The fraction of sp³-hybridized carbons (Fsp3) is 0.556. The summed E-state index contributed by atoms with van der Waals surface area (Å²) in [7, 11) is 1.55. The normalized spacial score (nSPS) is 12.3. The van der Waals surface area contributed by atoms with Crippen LogP contribution in [0, 0.1) is 10.1 Å². The average Bonchev–Trinajstić information content (AvgIpc) is 2.89. The van der Waals surface area contributed by atoms with Crippen LogP contribution in [0.3, 0.4) is 0 Å². The molecule has 0 unspecified atom stereocenters. The van der Waals surface area contributed by atoms with Crippen LogP contribution >= 0.6 is 11.3 Å². The van der Waals surface area contributed by atoms with E-state index in [0.29, 0.717) is 24.5 Å². The third kappa shape index (κ3) is 6.15. The van der Waals surface area contributed by atoms with Crippen LogP contribution in [0.15, 0.2) is 22.0 Å². The summed E-state index contributed by atoms with van der Waals surface area (Å²) in [5.41, 5.74) is 5.73. The van der Waals surface area contributed by atoms with Gasteiger partial charge in [-0.3, -0.25) is 4.79 Å². The highest BCUT2D eigenvalue weighted by Gasteiger charge is 2.14. The van der Waals surface area contributed by atoms with Crippen LogP contribution in [-0.2, 0) is 4.79 Å². The molecule has 110 valence electrons. The van der Waals surface area contributed by atoms with Crippen LogP contribution in [0.25, 0.3) is 0 Å². The number of aromatic nitrogens is 1. The molecule has 0 bridgehead atoms. The van der Waals surface area contributed by atoms with Crippen molar-refractivity contribution < 1.29 is 9.83 Å². The molecule has 0 aliphatic heterocycles. The maximum atomic E-state index is 11.7. The number of carbonyl (C=O) groups is 1. The number of nitro groups is 1. The first-order chi connectivity index (χ1) is 9.49. The van der Waals surface area contributed by atoms with Gasteiger partial charge in [0.1, 0.15) is 0 Å². The lowest BCUT2D eigenvalue weighted by Crippen LogP contribution is -2.36. The lowest BCUT2D eigenvalue weighted by Gasteiger charge is -2.11. The van der Waals surface area contributed by atoms with Crippen LogP contribution in [0.2, 0.25) is 0 Å². The van der Waals surface area contributed by atoms with Gasteiger partial charge < -0.3 is 21.2 Å². The van der Waals surface area contributed by atoms with E-state index in [1.54, 1.807) is 18.6 Å². The summed E-state index contributed by atoms with van der Waals surface area (Å²) in [5.74, 6) is -0.311. The first kappa shape index (κ1) is 15.9. The highest BCUT2D eigenvalue weighted by atomic mass is 32.1. The zero-order chi connectivity index (χ0) is 15.0. The number of hydrogen-bond donors (Lipinski definition) is 2. The molecule has 3 N–H and O–H groups in total. The van der Waals surface area contributed by atoms with Crippen molar-refractivity contribution in [2.75, 3.05) is 18.9 Å². The number of nitrogens with one attached hydrogen (secondary N) is 1. The second kappa shape index (κ2) is 8.12. The van der Waals surface area contributed by atoms with Crippen LogP contribution in [0.4, 0.5) is 5.13 Å². The topological polar surface area (TPSA) is 139 Å². The minimum atomic E-state index is -0.885. The summed E-state index contributed by atoms with van der Waals surface area (Å²) < 4.78 is 0. The Morgan fingerprint density at radius 1 is 1.75 bits per heavy atom. The lowest BCUT2D eigenvalue weighted by molar-refractivity contribution is -0.496. The number of amides is 1. The van der Waals surface area contributed by atoms with E-state index in [4.69, 9.17) is 5.73 Å².